The van der Waals surface area contributed by atoms with E-state index < -0.39 is 0 Å². The van der Waals surface area contributed by atoms with Crippen LogP contribution in [-0.2, 0) is 4.74 Å². The molecule has 114 valence electrons. The summed E-state index contributed by atoms with van der Waals surface area (Å²) in [4.78, 5) is 11.6. The summed E-state index contributed by atoms with van der Waals surface area (Å²) in [5.74, 6) is 1.86. The minimum Gasteiger partial charge on any atom is -0.377 e. The van der Waals surface area contributed by atoms with E-state index in [9.17, 15) is 0 Å². The van der Waals surface area contributed by atoms with Gasteiger partial charge in [0.1, 0.15) is 5.82 Å². The van der Waals surface area contributed by atoms with Gasteiger partial charge in [-0.05, 0) is 12.8 Å². The largest absolute Gasteiger partial charge is 0.377 e. The van der Waals surface area contributed by atoms with E-state index >= 15 is 0 Å². The van der Waals surface area contributed by atoms with Gasteiger partial charge in [0.15, 0.2) is 11.5 Å². The molecular formula is C15H23N5O. The molecule has 21 heavy (non-hydrogen) atoms. The first-order valence-corrected chi connectivity index (χ1v) is 7.75. The van der Waals surface area contributed by atoms with Crippen LogP contribution >= 0.6 is 0 Å². The van der Waals surface area contributed by atoms with Crippen molar-refractivity contribution in [3.63, 3.8) is 0 Å². The lowest BCUT2D eigenvalue weighted by Crippen LogP contribution is -2.45. The summed E-state index contributed by atoms with van der Waals surface area (Å²) in [6.07, 6.45) is 7.92. The van der Waals surface area contributed by atoms with E-state index in [2.05, 4.69) is 29.0 Å². The average molecular weight is 289 g/mol. The van der Waals surface area contributed by atoms with Crippen molar-refractivity contribution in [1.29, 1.82) is 0 Å². The minimum absolute atomic E-state index is 0.369. The van der Waals surface area contributed by atoms with Crippen molar-refractivity contribution in [2.24, 2.45) is 0 Å². The van der Waals surface area contributed by atoms with E-state index in [1.165, 1.54) is 0 Å². The Balaban J connectivity index is 2.00. The van der Waals surface area contributed by atoms with E-state index in [4.69, 9.17) is 9.72 Å². The van der Waals surface area contributed by atoms with Gasteiger partial charge in [0.25, 0.3) is 0 Å². The molecule has 0 radical (unpaired) electrons. The molecule has 6 nitrogen and oxygen atoms in total. The molecule has 1 saturated heterocycles. The molecule has 0 spiro atoms. The standard InChI is InChI=1S/C15H23N5O/c1-3-5-16-13-10-19-7-6-17-14(19)15(18-13)20-8-9-21-11-12(20)4-2/h6-7,10,12,16H,3-5,8-9,11H2,1-2H3. The van der Waals surface area contributed by atoms with Crippen molar-refractivity contribution in [3.8, 4) is 0 Å². The van der Waals surface area contributed by atoms with Crippen LogP contribution in [-0.4, -0.2) is 46.7 Å². The van der Waals surface area contributed by atoms with Crippen LogP contribution in [0.1, 0.15) is 26.7 Å². The van der Waals surface area contributed by atoms with Gasteiger partial charge in [0, 0.05) is 25.5 Å². The number of ether oxygens (including phenoxy) is 1. The molecule has 0 saturated carbocycles. The summed E-state index contributed by atoms with van der Waals surface area (Å²) < 4.78 is 7.65. The van der Waals surface area contributed by atoms with Gasteiger partial charge in [-0.3, -0.25) is 0 Å². The maximum absolute atomic E-state index is 5.60. The predicted molar refractivity (Wildman–Crippen MR) is 84.0 cm³/mol. The number of rotatable bonds is 5. The Morgan fingerprint density at radius 3 is 3.14 bits per heavy atom. The van der Waals surface area contributed by atoms with E-state index in [1.807, 2.05) is 23.0 Å². The molecule has 1 aliphatic heterocycles. The molecule has 3 heterocycles. The van der Waals surface area contributed by atoms with Crippen LogP contribution in [0.15, 0.2) is 18.6 Å². The second kappa shape index (κ2) is 6.30. The molecule has 1 aliphatic rings. The molecule has 0 aromatic carbocycles. The Morgan fingerprint density at radius 1 is 1.43 bits per heavy atom. The number of imidazole rings is 1. The van der Waals surface area contributed by atoms with Crippen molar-refractivity contribution >= 4 is 17.3 Å². The van der Waals surface area contributed by atoms with Crippen molar-refractivity contribution in [2.75, 3.05) is 36.5 Å². The molecule has 1 unspecified atom stereocenters. The van der Waals surface area contributed by atoms with Gasteiger partial charge < -0.3 is 19.4 Å². The molecule has 2 aromatic rings. The van der Waals surface area contributed by atoms with Gasteiger partial charge in [-0.2, -0.15) is 0 Å². The number of hydrogen-bond acceptors (Lipinski definition) is 5. The minimum atomic E-state index is 0.369. The van der Waals surface area contributed by atoms with Gasteiger partial charge in [-0.25, -0.2) is 9.97 Å². The van der Waals surface area contributed by atoms with E-state index in [0.717, 1.165) is 56.4 Å². The van der Waals surface area contributed by atoms with Crippen LogP contribution in [0.3, 0.4) is 0 Å². The third kappa shape index (κ3) is 2.81. The number of fused-ring (bicyclic) bond motifs is 1. The summed E-state index contributed by atoms with van der Waals surface area (Å²) in [6, 6.07) is 0.369. The Kier molecular flexibility index (Phi) is 4.24. The SMILES string of the molecule is CCCNc1cn2ccnc2c(N2CCOCC2CC)n1. The lowest BCUT2D eigenvalue weighted by atomic mass is 10.2. The highest BCUT2D eigenvalue weighted by molar-refractivity contribution is 5.67. The van der Waals surface area contributed by atoms with Crippen molar-refractivity contribution in [3.05, 3.63) is 18.6 Å². The lowest BCUT2D eigenvalue weighted by molar-refractivity contribution is 0.0927. The second-order valence-corrected chi connectivity index (χ2v) is 5.37. The molecule has 0 amide bonds. The van der Waals surface area contributed by atoms with Gasteiger partial charge in [0.05, 0.1) is 25.5 Å². The zero-order valence-electron chi connectivity index (χ0n) is 12.7. The van der Waals surface area contributed by atoms with Crippen LogP contribution in [0.4, 0.5) is 11.6 Å². The van der Waals surface area contributed by atoms with Crippen LogP contribution in [0, 0.1) is 0 Å². The molecule has 0 aliphatic carbocycles. The Labute approximate surface area is 125 Å². The molecule has 3 rings (SSSR count). The van der Waals surface area contributed by atoms with Crippen LogP contribution in [0.5, 0.6) is 0 Å². The fourth-order valence-electron chi connectivity index (χ4n) is 2.72. The van der Waals surface area contributed by atoms with Gasteiger partial charge in [-0.1, -0.05) is 13.8 Å². The summed E-state index contributed by atoms with van der Waals surface area (Å²) in [7, 11) is 0. The molecular weight excluding hydrogens is 266 g/mol. The first-order valence-electron chi connectivity index (χ1n) is 7.75. The molecule has 2 aromatic heterocycles. The van der Waals surface area contributed by atoms with Crippen LogP contribution in [0.2, 0.25) is 0 Å². The fourth-order valence-corrected chi connectivity index (χ4v) is 2.72. The van der Waals surface area contributed by atoms with Crippen molar-refractivity contribution in [1.82, 2.24) is 14.4 Å². The van der Waals surface area contributed by atoms with E-state index in [1.54, 1.807) is 0 Å². The number of nitrogens with one attached hydrogen (secondary N) is 1. The topological polar surface area (TPSA) is 54.7 Å². The Bertz CT molecular complexity index is 597. The molecule has 1 atom stereocenters. The number of hydrogen-bond donors (Lipinski definition) is 1. The van der Waals surface area contributed by atoms with Gasteiger partial charge in [0.2, 0.25) is 0 Å². The highest BCUT2D eigenvalue weighted by Crippen LogP contribution is 2.25. The summed E-state index contributed by atoms with van der Waals surface area (Å²) >= 11 is 0. The lowest BCUT2D eigenvalue weighted by Gasteiger charge is -2.36. The summed E-state index contributed by atoms with van der Waals surface area (Å²) in [5, 5.41) is 3.37. The van der Waals surface area contributed by atoms with Crippen LogP contribution < -0.4 is 10.2 Å². The monoisotopic (exact) mass is 289 g/mol. The second-order valence-electron chi connectivity index (χ2n) is 5.37. The smallest absolute Gasteiger partial charge is 0.180 e. The van der Waals surface area contributed by atoms with Gasteiger partial charge in [-0.15, -0.1) is 0 Å². The maximum Gasteiger partial charge on any atom is 0.180 e. The van der Waals surface area contributed by atoms with Crippen LogP contribution in [0.25, 0.3) is 5.65 Å². The number of morpholine rings is 1. The summed E-state index contributed by atoms with van der Waals surface area (Å²) in [6.45, 7) is 7.64. The zero-order chi connectivity index (χ0) is 14.7. The molecule has 6 heteroatoms. The molecule has 1 fully saturated rings. The Morgan fingerprint density at radius 2 is 2.33 bits per heavy atom. The quantitative estimate of drug-likeness (QED) is 0.914. The predicted octanol–water partition coefficient (Wildman–Crippen LogP) is 2.17. The maximum atomic E-state index is 5.60. The third-order valence-electron chi connectivity index (χ3n) is 3.88. The van der Waals surface area contributed by atoms with E-state index in [0.29, 0.717) is 6.04 Å². The fraction of sp³-hybridized carbons (Fsp3) is 0.600. The first-order chi connectivity index (χ1) is 10.3. The Hall–Kier alpha value is -1.82. The number of anilines is 2. The van der Waals surface area contributed by atoms with Gasteiger partial charge >= 0.3 is 0 Å². The molecule has 0 bridgehead atoms. The van der Waals surface area contributed by atoms with E-state index in [-0.39, 0.29) is 0 Å². The normalized spacial score (nSPS) is 19.1. The number of nitrogens with zero attached hydrogens (tertiary/aromatic N) is 4. The average Bonchev–Trinajstić information content (AvgIpc) is 3.00. The summed E-state index contributed by atoms with van der Waals surface area (Å²) in [5.41, 5.74) is 0.914. The molecule has 1 N–H and O–H groups in total. The van der Waals surface area contributed by atoms with Crippen molar-refractivity contribution in [2.45, 2.75) is 32.7 Å². The zero-order valence-corrected chi connectivity index (χ0v) is 12.7. The first kappa shape index (κ1) is 14.1. The highest BCUT2D eigenvalue weighted by Gasteiger charge is 2.25. The highest BCUT2D eigenvalue weighted by atomic mass is 16.5. The third-order valence-corrected chi connectivity index (χ3v) is 3.88. The van der Waals surface area contributed by atoms with Crippen molar-refractivity contribution < 1.29 is 4.74 Å². The number of aromatic nitrogens is 3.